The molecule has 20 heavy (non-hydrogen) atoms. The molecule has 110 valence electrons. The van der Waals surface area contributed by atoms with Gasteiger partial charge in [-0.15, -0.1) is 0 Å². The molecule has 0 bridgehead atoms. The molecule has 0 saturated carbocycles. The molecule has 2 heterocycles. The normalized spacial score (nSPS) is 20.8. The summed E-state index contributed by atoms with van der Waals surface area (Å²) < 4.78 is 0. The fourth-order valence-corrected chi connectivity index (χ4v) is 2.85. The average molecular weight is 298 g/mol. The minimum Gasteiger partial charge on any atom is -0.478 e. The fourth-order valence-electron chi connectivity index (χ4n) is 2.65. The second-order valence-electron chi connectivity index (χ2n) is 5.21. The number of carboxylic acids is 1. The summed E-state index contributed by atoms with van der Waals surface area (Å²) in [5, 5.41) is 9.37. The Labute approximate surface area is 124 Å². The largest absolute Gasteiger partial charge is 0.478 e. The topological polar surface area (TPSA) is 56.7 Å². The molecule has 2 rings (SSSR count). The first-order chi connectivity index (χ1) is 9.51. The van der Waals surface area contributed by atoms with Crippen LogP contribution < -0.4 is 4.90 Å². The Hall–Kier alpha value is -1.33. The van der Waals surface area contributed by atoms with Crippen molar-refractivity contribution in [2.75, 3.05) is 31.6 Å². The van der Waals surface area contributed by atoms with Gasteiger partial charge in [0.2, 0.25) is 0 Å². The zero-order valence-corrected chi connectivity index (χ0v) is 12.6. The molecule has 0 aromatic carbocycles. The lowest BCUT2D eigenvalue weighted by Crippen LogP contribution is -2.40. The number of carboxylic acid groups (broad SMARTS) is 1. The highest BCUT2D eigenvalue weighted by Crippen LogP contribution is 2.23. The van der Waals surface area contributed by atoms with Crippen molar-refractivity contribution in [3.8, 4) is 0 Å². The van der Waals surface area contributed by atoms with Gasteiger partial charge in [-0.1, -0.05) is 18.5 Å². The summed E-state index contributed by atoms with van der Waals surface area (Å²) in [5.74, 6) is -0.312. The van der Waals surface area contributed by atoms with Gasteiger partial charge in [0.25, 0.3) is 0 Å². The monoisotopic (exact) mass is 297 g/mol. The van der Waals surface area contributed by atoms with Gasteiger partial charge in [0.1, 0.15) is 11.0 Å². The third kappa shape index (κ3) is 3.41. The maximum absolute atomic E-state index is 11.1. The zero-order chi connectivity index (χ0) is 14.7. The minimum atomic E-state index is -0.976. The maximum Gasteiger partial charge on any atom is 0.335 e. The number of carbonyl (C=O) groups is 1. The van der Waals surface area contributed by atoms with Crippen LogP contribution in [0, 0.1) is 0 Å². The molecule has 1 atom stereocenters. The van der Waals surface area contributed by atoms with Gasteiger partial charge in [-0.2, -0.15) is 0 Å². The number of halogens is 1. The van der Waals surface area contributed by atoms with Crippen LogP contribution in [0.25, 0.3) is 0 Å². The molecule has 0 amide bonds. The predicted octanol–water partition coefficient (Wildman–Crippen LogP) is 2.35. The summed E-state index contributed by atoms with van der Waals surface area (Å²) in [6.07, 6.45) is 2.02. The highest BCUT2D eigenvalue weighted by atomic mass is 35.5. The van der Waals surface area contributed by atoms with Gasteiger partial charge in [-0.3, -0.25) is 0 Å². The van der Waals surface area contributed by atoms with Crippen molar-refractivity contribution in [1.29, 1.82) is 0 Å². The summed E-state index contributed by atoms with van der Waals surface area (Å²) in [4.78, 5) is 19.9. The van der Waals surface area contributed by atoms with Gasteiger partial charge in [0, 0.05) is 19.1 Å². The predicted molar refractivity (Wildman–Crippen MR) is 79.7 cm³/mol. The lowest BCUT2D eigenvalue weighted by Gasteiger charge is -2.31. The van der Waals surface area contributed by atoms with Crippen molar-refractivity contribution in [3.63, 3.8) is 0 Å². The molecule has 0 radical (unpaired) electrons. The number of likely N-dealkylation sites (N-methyl/N-ethyl adjacent to an activating group) is 1. The molecule has 0 spiro atoms. The van der Waals surface area contributed by atoms with E-state index in [-0.39, 0.29) is 10.7 Å². The molecule has 1 aromatic rings. The molecule has 1 aromatic heterocycles. The number of aromatic carboxylic acids is 1. The van der Waals surface area contributed by atoms with Crippen LogP contribution in [0.3, 0.4) is 0 Å². The highest BCUT2D eigenvalue weighted by Gasteiger charge is 2.24. The molecule has 1 fully saturated rings. The van der Waals surface area contributed by atoms with E-state index in [2.05, 4.69) is 28.8 Å². The molecule has 1 saturated heterocycles. The summed E-state index contributed by atoms with van der Waals surface area (Å²) in [7, 11) is 2.11. The van der Waals surface area contributed by atoms with Gasteiger partial charge >= 0.3 is 5.97 Å². The second kappa shape index (κ2) is 6.41. The molecule has 0 aliphatic carbocycles. The summed E-state index contributed by atoms with van der Waals surface area (Å²) in [5.41, 5.74) is 0.187. The molecular weight excluding hydrogens is 278 g/mol. The molecule has 1 aliphatic rings. The Morgan fingerprint density at radius 1 is 1.50 bits per heavy atom. The average Bonchev–Trinajstić information content (AvgIpc) is 2.59. The van der Waals surface area contributed by atoms with Crippen molar-refractivity contribution in [2.45, 2.75) is 25.8 Å². The number of aromatic nitrogens is 1. The summed E-state index contributed by atoms with van der Waals surface area (Å²) in [6.45, 7) is 5.00. The second-order valence-corrected chi connectivity index (χ2v) is 5.60. The Bertz CT molecular complexity index is 495. The van der Waals surface area contributed by atoms with Gasteiger partial charge in [0.15, 0.2) is 0 Å². The van der Waals surface area contributed by atoms with Crippen molar-refractivity contribution >= 4 is 23.4 Å². The van der Waals surface area contributed by atoms with Gasteiger partial charge in [-0.25, -0.2) is 9.78 Å². The van der Waals surface area contributed by atoms with Crippen LogP contribution in [-0.2, 0) is 0 Å². The highest BCUT2D eigenvalue weighted by molar-refractivity contribution is 6.29. The van der Waals surface area contributed by atoms with Crippen LogP contribution in [0.1, 0.15) is 30.1 Å². The number of pyridine rings is 1. The number of nitrogens with zero attached hydrogens (tertiary/aromatic N) is 3. The Morgan fingerprint density at radius 3 is 2.90 bits per heavy atom. The van der Waals surface area contributed by atoms with E-state index in [1.165, 1.54) is 6.07 Å². The van der Waals surface area contributed by atoms with E-state index in [1.807, 2.05) is 0 Å². The minimum absolute atomic E-state index is 0.187. The number of anilines is 1. The quantitative estimate of drug-likeness (QED) is 0.868. The summed E-state index contributed by atoms with van der Waals surface area (Å²) >= 11 is 5.96. The van der Waals surface area contributed by atoms with Crippen molar-refractivity contribution < 1.29 is 9.90 Å². The van der Waals surface area contributed by atoms with Crippen LogP contribution >= 0.6 is 11.6 Å². The Kier molecular flexibility index (Phi) is 4.83. The van der Waals surface area contributed by atoms with E-state index >= 15 is 0 Å². The van der Waals surface area contributed by atoms with Crippen LogP contribution in [-0.4, -0.2) is 53.7 Å². The van der Waals surface area contributed by atoms with Crippen molar-refractivity contribution in [2.24, 2.45) is 0 Å². The molecule has 1 aliphatic heterocycles. The van der Waals surface area contributed by atoms with Gasteiger partial charge in [0.05, 0.1) is 5.56 Å². The van der Waals surface area contributed by atoms with Crippen LogP contribution in [0.15, 0.2) is 12.1 Å². The fraction of sp³-hybridized carbons (Fsp3) is 0.571. The first-order valence-electron chi connectivity index (χ1n) is 6.87. The van der Waals surface area contributed by atoms with E-state index < -0.39 is 5.97 Å². The maximum atomic E-state index is 11.1. The lowest BCUT2D eigenvalue weighted by molar-refractivity contribution is 0.0696. The molecule has 6 heteroatoms. The summed E-state index contributed by atoms with van der Waals surface area (Å²) in [6, 6.07) is 3.33. The Morgan fingerprint density at radius 2 is 2.25 bits per heavy atom. The van der Waals surface area contributed by atoms with Crippen LogP contribution in [0.4, 0.5) is 5.82 Å². The molecular formula is C14H20ClN3O2. The molecule has 5 nitrogen and oxygen atoms in total. The zero-order valence-electron chi connectivity index (χ0n) is 11.8. The number of hydrogen-bond acceptors (Lipinski definition) is 4. The van der Waals surface area contributed by atoms with Crippen LogP contribution in [0.5, 0.6) is 0 Å². The third-order valence-electron chi connectivity index (χ3n) is 3.70. The van der Waals surface area contributed by atoms with Gasteiger partial charge < -0.3 is 14.9 Å². The van der Waals surface area contributed by atoms with Crippen LogP contribution in [0.2, 0.25) is 5.15 Å². The lowest BCUT2D eigenvalue weighted by atomic mass is 10.1. The molecule has 1 N–H and O–H groups in total. The third-order valence-corrected chi connectivity index (χ3v) is 3.89. The first-order valence-corrected chi connectivity index (χ1v) is 7.25. The first kappa shape index (κ1) is 15.1. The number of rotatable bonds is 3. The standard InChI is InChI=1S/C14H20ClN3O2/c1-3-11-9-17(2)5-4-6-18(11)13-8-10(14(19)20)7-12(15)16-13/h7-8,11H,3-6,9H2,1-2H3,(H,19,20). The van der Waals surface area contributed by atoms with E-state index in [0.717, 1.165) is 32.5 Å². The van der Waals surface area contributed by atoms with E-state index in [1.54, 1.807) is 6.07 Å². The van der Waals surface area contributed by atoms with E-state index in [0.29, 0.717) is 11.9 Å². The van der Waals surface area contributed by atoms with Gasteiger partial charge in [-0.05, 0) is 38.6 Å². The van der Waals surface area contributed by atoms with E-state index in [4.69, 9.17) is 16.7 Å². The Balaban J connectivity index is 2.34. The van der Waals surface area contributed by atoms with Crippen molar-refractivity contribution in [3.05, 3.63) is 22.8 Å². The van der Waals surface area contributed by atoms with Crippen molar-refractivity contribution in [1.82, 2.24) is 9.88 Å². The smallest absolute Gasteiger partial charge is 0.335 e. The van der Waals surface area contributed by atoms with E-state index in [9.17, 15) is 4.79 Å². The number of hydrogen-bond donors (Lipinski definition) is 1. The SMILES string of the molecule is CCC1CN(C)CCCN1c1cc(C(=O)O)cc(Cl)n1. The molecule has 1 unspecified atom stereocenters.